The van der Waals surface area contributed by atoms with Gasteiger partial charge in [-0.15, -0.1) is 0 Å². The average molecular weight is 340 g/mol. The number of nitrogens with one attached hydrogen (secondary N) is 1. The van der Waals surface area contributed by atoms with Crippen molar-refractivity contribution < 1.29 is 9.90 Å². The van der Waals surface area contributed by atoms with Crippen LogP contribution in [0.4, 0.5) is 0 Å². The monoisotopic (exact) mass is 339 g/mol. The summed E-state index contributed by atoms with van der Waals surface area (Å²) < 4.78 is 0. The van der Waals surface area contributed by atoms with Crippen LogP contribution in [0.1, 0.15) is 104 Å². The number of allylic oxidation sites excluding steroid dienone is 2. The summed E-state index contributed by atoms with van der Waals surface area (Å²) in [6.45, 7) is 4.31. The lowest BCUT2D eigenvalue weighted by molar-refractivity contribution is -0.121. The fourth-order valence-electron chi connectivity index (χ4n) is 2.71. The van der Waals surface area contributed by atoms with Gasteiger partial charge in [0, 0.05) is 13.0 Å². The molecule has 0 spiro atoms. The first-order valence-electron chi connectivity index (χ1n) is 10.3. The van der Waals surface area contributed by atoms with E-state index in [9.17, 15) is 4.79 Å². The number of aliphatic hydroxyl groups excluding tert-OH is 1. The summed E-state index contributed by atoms with van der Waals surface area (Å²) in [5, 5.41) is 11.8. The van der Waals surface area contributed by atoms with Crippen molar-refractivity contribution in [3.63, 3.8) is 0 Å². The lowest BCUT2D eigenvalue weighted by atomic mass is 10.1. The van der Waals surface area contributed by atoms with Crippen LogP contribution in [0.3, 0.4) is 0 Å². The second-order valence-corrected chi connectivity index (χ2v) is 6.99. The number of rotatable bonds is 17. The van der Waals surface area contributed by atoms with Gasteiger partial charge in [0.1, 0.15) is 0 Å². The van der Waals surface area contributed by atoms with Crippen molar-refractivity contribution in [2.45, 2.75) is 110 Å². The van der Waals surface area contributed by atoms with Crippen molar-refractivity contribution in [2.75, 3.05) is 6.54 Å². The number of hydrogen-bond donors (Lipinski definition) is 2. The van der Waals surface area contributed by atoms with Gasteiger partial charge in [0.05, 0.1) is 6.10 Å². The minimum Gasteiger partial charge on any atom is -0.392 e. The van der Waals surface area contributed by atoms with Crippen LogP contribution in [0.2, 0.25) is 0 Å². The Morgan fingerprint density at radius 1 is 0.875 bits per heavy atom. The topological polar surface area (TPSA) is 49.3 Å². The lowest BCUT2D eigenvalue weighted by Crippen LogP contribution is -2.30. The molecule has 1 amide bonds. The molecule has 2 N–H and O–H groups in total. The highest BCUT2D eigenvalue weighted by atomic mass is 16.3. The fourth-order valence-corrected chi connectivity index (χ4v) is 2.71. The molecule has 0 aromatic carbocycles. The predicted octanol–water partition coefficient (Wildman–Crippen LogP) is 5.52. The Morgan fingerprint density at radius 3 is 1.92 bits per heavy atom. The Balaban J connectivity index is 3.19. The molecule has 0 aromatic heterocycles. The molecule has 0 heterocycles. The Hall–Kier alpha value is -0.830. The first-order valence-corrected chi connectivity index (χ1v) is 10.3. The number of carbonyl (C=O) groups is 1. The number of carbonyl (C=O) groups excluding carboxylic acids is 1. The normalized spacial score (nSPS) is 12.6. The van der Waals surface area contributed by atoms with Gasteiger partial charge in [-0.1, -0.05) is 70.4 Å². The molecule has 142 valence electrons. The van der Waals surface area contributed by atoms with Gasteiger partial charge in [-0.05, 0) is 39.0 Å². The van der Waals surface area contributed by atoms with Gasteiger partial charge < -0.3 is 10.4 Å². The van der Waals surface area contributed by atoms with Gasteiger partial charge in [-0.25, -0.2) is 0 Å². The third kappa shape index (κ3) is 19.2. The Labute approximate surface area is 150 Å². The largest absolute Gasteiger partial charge is 0.392 e. The van der Waals surface area contributed by atoms with E-state index in [1.807, 2.05) is 0 Å². The van der Waals surface area contributed by atoms with E-state index in [-0.39, 0.29) is 5.91 Å². The average Bonchev–Trinajstić information content (AvgIpc) is 2.56. The van der Waals surface area contributed by atoms with Crippen molar-refractivity contribution in [1.29, 1.82) is 0 Å². The zero-order valence-corrected chi connectivity index (χ0v) is 16.2. The molecule has 0 rings (SSSR count). The summed E-state index contributed by atoms with van der Waals surface area (Å²) in [6, 6.07) is 0. The van der Waals surface area contributed by atoms with Crippen LogP contribution in [0, 0.1) is 0 Å². The molecule has 0 saturated heterocycles. The highest BCUT2D eigenvalue weighted by Gasteiger charge is 2.02. The summed E-state index contributed by atoms with van der Waals surface area (Å²) in [6.07, 6.45) is 21.4. The first-order chi connectivity index (χ1) is 11.7. The zero-order chi connectivity index (χ0) is 17.9. The van der Waals surface area contributed by atoms with Gasteiger partial charge in [0.2, 0.25) is 5.91 Å². The molecular weight excluding hydrogens is 298 g/mol. The Morgan fingerprint density at radius 2 is 1.38 bits per heavy atom. The van der Waals surface area contributed by atoms with Gasteiger partial charge in [-0.2, -0.15) is 0 Å². The van der Waals surface area contributed by atoms with E-state index in [0.29, 0.717) is 13.0 Å². The molecule has 1 atom stereocenters. The van der Waals surface area contributed by atoms with Crippen molar-refractivity contribution in [1.82, 2.24) is 5.32 Å². The van der Waals surface area contributed by atoms with Crippen LogP contribution in [0.5, 0.6) is 0 Å². The minimum atomic E-state index is -0.455. The fraction of sp³-hybridized carbons (Fsp3) is 0.857. The van der Waals surface area contributed by atoms with Crippen LogP contribution in [0.25, 0.3) is 0 Å². The highest BCUT2D eigenvalue weighted by molar-refractivity contribution is 5.75. The van der Waals surface area contributed by atoms with E-state index < -0.39 is 6.10 Å². The molecule has 1 unspecified atom stereocenters. The maximum absolute atomic E-state index is 11.5. The molecule has 24 heavy (non-hydrogen) atoms. The second-order valence-electron chi connectivity index (χ2n) is 6.99. The van der Waals surface area contributed by atoms with E-state index in [2.05, 4.69) is 24.4 Å². The molecule has 0 saturated carbocycles. The predicted molar refractivity (Wildman–Crippen MR) is 104 cm³/mol. The number of hydrogen-bond acceptors (Lipinski definition) is 2. The van der Waals surface area contributed by atoms with Crippen LogP contribution in [-0.4, -0.2) is 23.7 Å². The second kappa shape index (κ2) is 18.5. The van der Waals surface area contributed by atoms with E-state index >= 15 is 0 Å². The molecule has 0 aromatic rings. The standard InChI is InChI=1S/C21H41NO2/c1-3-4-5-6-7-8-9-10-11-12-13-14-15-16-17-18-21(24)22-19-20(2)23/h10-11,20,23H,3-9,12-19H2,1-2H3,(H,22,24)/b11-10-. The maximum Gasteiger partial charge on any atom is 0.220 e. The number of aliphatic hydroxyl groups is 1. The van der Waals surface area contributed by atoms with Gasteiger partial charge in [0.25, 0.3) is 0 Å². The zero-order valence-electron chi connectivity index (χ0n) is 16.2. The lowest BCUT2D eigenvalue weighted by Gasteiger charge is -2.06. The third-order valence-electron chi connectivity index (χ3n) is 4.26. The van der Waals surface area contributed by atoms with Crippen molar-refractivity contribution in [2.24, 2.45) is 0 Å². The summed E-state index contributed by atoms with van der Waals surface area (Å²) in [5.41, 5.74) is 0. The Kier molecular flexibility index (Phi) is 17.9. The molecule has 0 aliphatic carbocycles. The van der Waals surface area contributed by atoms with E-state index in [0.717, 1.165) is 12.8 Å². The van der Waals surface area contributed by atoms with Gasteiger partial charge in [0.15, 0.2) is 0 Å². The van der Waals surface area contributed by atoms with Crippen LogP contribution in [-0.2, 0) is 4.79 Å². The van der Waals surface area contributed by atoms with Crippen molar-refractivity contribution in [3.8, 4) is 0 Å². The first kappa shape index (κ1) is 23.2. The molecule has 3 heteroatoms. The van der Waals surface area contributed by atoms with E-state index in [1.54, 1.807) is 6.92 Å². The quantitative estimate of drug-likeness (QED) is 0.271. The highest BCUT2D eigenvalue weighted by Crippen LogP contribution is 2.09. The summed E-state index contributed by atoms with van der Waals surface area (Å²) in [7, 11) is 0. The SMILES string of the molecule is CCCCCCCC/C=C\CCCCCCCC(=O)NCC(C)O. The molecule has 0 fully saturated rings. The van der Waals surface area contributed by atoms with E-state index in [1.165, 1.54) is 70.6 Å². The molecule has 0 aliphatic heterocycles. The molecule has 0 aliphatic rings. The smallest absolute Gasteiger partial charge is 0.220 e. The van der Waals surface area contributed by atoms with Crippen LogP contribution < -0.4 is 5.32 Å². The molecule has 0 bridgehead atoms. The molecule has 3 nitrogen and oxygen atoms in total. The molecule has 0 radical (unpaired) electrons. The van der Waals surface area contributed by atoms with Crippen LogP contribution >= 0.6 is 0 Å². The van der Waals surface area contributed by atoms with Gasteiger partial charge >= 0.3 is 0 Å². The summed E-state index contributed by atoms with van der Waals surface area (Å²) in [4.78, 5) is 11.5. The summed E-state index contributed by atoms with van der Waals surface area (Å²) in [5.74, 6) is 0.0635. The van der Waals surface area contributed by atoms with Gasteiger partial charge in [-0.3, -0.25) is 4.79 Å². The molecular formula is C21H41NO2. The van der Waals surface area contributed by atoms with E-state index in [4.69, 9.17) is 5.11 Å². The summed E-state index contributed by atoms with van der Waals surface area (Å²) >= 11 is 0. The van der Waals surface area contributed by atoms with Crippen molar-refractivity contribution >= 4 is 5.91 Å². The van der Waals surface area contributed by atoms with Crippen LogP contribution in [0.15, 0.2) is 12.2 Å². The third-order valence-corrected chi connectivity index (χ3v) is 4.26. The number of unbranched alkanes of at least 4 members (excludes halogenated alkanes) is 11. The van der Waals surface area contributed by atoms with Crippen molar-refractivity contribution in [3.05, 3.63) is 12.2 Å². The maximum atomic E-state index is 11.5. The number of amides is 1. The Bertz CT molecular complexity index is 300. The minimum absolute atomic E-state index is 0.0635.